The van der Waals surface area contributed by atoms with Crippen LogP contribution >= 0.6 is 11.3 Å². The Bertz CT molecular complexity index is 10300. The Labute approximate surface area is 821 Å². The largest absolute Gasteiger partial charge is 0.309 e. The molecule has 668 valence electrons. The highest BCUT2D eigenvalue weighted by atomic mass is 32.1. The molecule has 30 aromatic rings. The number of nitrogens with zero attached hydrogens (tertiary/aromatic N) is 17. The fourth-order valence-electron chi connectivity index (χ4n) is 23.2. The van der Waals surface area contributed by atoms with Gasteiger partial charge in [0, 0.05) is 58.5 Å². The van der Waals surface area contributed by atoms with Gasteiger partial charge < -0.3 is 4.57 Å². The van der Waals surface area contributed by atoms with Crippen molar-refractivity contribution in [3.8, 4) is 63.4 Å². The van der Waals surface area contributed by atoms with Gasteiger partial charge in [-0.1, -0.05) is 352 Å². The van der Waals surface area contributed by atoms with Crippen LogP contribution in [0.4, 0.5) is 0 Å². The third-order valence-corrected chi connectivity index (χ3v) is 40.3. The van der Waals surface area contributed by atoms with Crippen LogP contribution in [0.3, 0.4) is 0 Å². The summed E-state index contributed by atoms with van der Waals surface area (Å²) >= 11 is 1.88. The summed E-state index contributed by atoms with van der Waals surface area (Å²) < 4.78 is 20.2. The Kier molecular flexibility index (Phi) is 17.6. The number of hydrogen-bond donors (Lipinski definition) is 0. The zero-order valence-corrected chi connectivity index (χ0v) is 79.3. The average Bonchev–Trinajstić information content (AvgIpc) is 1.70. The molecule has 0 saturated carbocycles. The van der Waals surface area contributed by atoms with Gasteiger partial charge in [0.15, 0.2) is 27.8 Å². The molecule has 0 unspecified atom stereocenters. The van der Waals surface area contributed by atoms with Crippen molar-refractivity contribution in [2.45, 2.75) is 0 Å². The van der Waals surface area contributed by atoms with Crippen molar-refractivity contribution < 1.29 is 0 Å². The molecule has 0 amide bonds. The average molecular weight is 1880 g/mol. The van der Waals surface area contributed by atoms with Gasteiger partial charge in [0.05, 0.1) is 88.3 Å². The standard InChI is InChI=1S/C123H77N17SSi2/c1-5-38-83(39-6-1)142(84-40-7-2-8-41-84,89-48-33-37-82(77-89)133-99-56-19-13-49-90(99)91-50-14-20-57-100(91)133)87-46-31-35-80(73-87)116-129-119(138-108-64-27-24-61-105(108)135-103-60-23-18-55-96(103)124-121(135)138)132-120(130-116)140-109-65-28-25-62-106(109)136-104-72-70-78(75-98(104)126-123(136)140)79-69-71-97-111(76-79)137-107-63-26-29-66-110(107)139(122(137)125-97)118-128-115(127-117(131-118)134-101-58-21-15-51-92(101)93-52-16-22-59-102(93)134)81-36-32-47-88(74-81)143(85-42-9-3-10-43-85,86-44-11-4-12-45-86)113-68-34-54-95-94-53-17-30-67-112(94)141-114(95)113/h1-77H. The number of rotatable bonds is 16. The van der Waals surface area contributed by atoms with Gasteiger partial charge in [-0.15, -0.1) is 11.3 Å². The zero-order valence-electron chi connectivity index (χ0n) is 76.5. The molecule has 0 fully saturated rings. The van der Waals surface area contributed by atoms with Crippen LogP contribution in [0.25, 0.3) is 211 Å². The van der Waals surface area contributed by atoms with Gasteiger partial charge in [-0.05, 0) is 168 Å². The Balaban J connectivity index is 0.589. The number of imidazole rings is 6. The normalized spacial score (nSPS) is 12.3. The first kappa shape index (κ1) is 80.4. The van der Waals surface area contributed by atoms with Gasteiger partial charge >= 0.3 is 0 Å². The van der Waals surface area contributed by atoms with E-state index in [1.807, 2.05) is 17.4 Å². The van der Waals surface area contributed by atoms with E-state index in [1.54, 1.807) is 0 Å². The molecule has 0 bridgehead atoms. The number of para-hydroxylation sites is 12. The predicted octanol–water partition coefficient (Wildman–Crippen LogP) is 22.6. The van der Waals surface area contributed by atoms with E-state index in [2.05, 4.69) is 497 Å². The van der Waals surface area contributed by atoms with Crippen molar-refractivity contribution in [2.24, 2.45) is 0 Å². The molecule has 30 rings (SSSR count). The van der Waals surface area contributed by atoms with Crippen LogP contribution in [0.15, 0.2) is 467 Å². The summed E-state index contributed by atoms with van der Waals surface area (Å²) in [5.74, 6) is 4.57. The number of benzene rings is 19. The first-order valence-corrected chi connectivity index (χ1v) is 52.9. The van der Waals surface area contributed by atoms with E-state index in [-0.39, 0.29) is 0 Å². The van der Waals surface area contributed by atoms with Gasteiger partial charge in [0.25, 0.3) is 0 Å². The molecule has 0 radical (unpaired) electrons. The van der Waals surface area contributed by atoms with Gasteiger partial charge in [-0.2, -0.15) is 29.9 Å². The fourth-order valence-corrected chi connectivity index (χ4v) is 34.6. The second kappa shape index (κ2) is 31.4. The van der Waals surface area contributed by atoms with E-state index >= 15 is 0 Å². The SMILES string of the molecule is c1ccc([Si](c2ccccc2)(c2cccc(-c3nc(-n4c5ccccc5n5c6ccccc6nc45)nc(-n4c5ccccc5n5c6ccc(-c7ccc8nc9n(-c%10nc(-c%11cccc([Si](c%12ccccc%12)(c%12ccccc%12)c%12cccc%13c%12sc%12ccccc%12%13)c%11)nc(-n%11c%12ccccc%12c%12ccccc%12%11)n%10)c%10ccccc%10n9c8c7)cc6nc45)n3)c2)c2cccc(-n3c4ccccc4c4ccccc43)c2)cc1. The van der Waals surface area contributed by atoms with Gasteiger partial charge in [0.1, 0.15) is 0 Å². The lowest BCUT2D eigenvalue weighted by Gasteiger charge is -2.35. The summed E-state index contributed by atoms with van der Waals surface area (Å²) in [5, 5.41) is 17.0. The Morgan fingerprint density at radius 1 is 0.182 bits per heavy atom. The molecular weight excluding hydrogens is 1800 g/mol. The van der Waals surface area contributed by atoms with Crippen molar-refractivity contribution in [3.63, 3.8) is 0 Å². The second-order valence-electron chi connectivity index (χ2n) is 36.8. The van der Waals surface area contributed by atoms with Crippen LogP contribution in [0, 0.1) is 0 Å². The number of fused-ring (bicyclic) bond motifs is 24. The molecule has 17 nitrogen and oxygen atoms in total. The molecule has 0 N–H and O–H groups in total. The van der Waals surface area contributed by atoms with E-state index in [9.17, 15) is 0 Å². The van der Waals surface area contributed by atoms with Crippen LogP contribution in [-0.4, -0.2) is 97.0 Å². The molecule has 0 aliphatic heterocycles. The van der Waals surface area contributed by atoms with Crippen molar-refractivity contribution in [1.29, 1.82) is 0 Å². The molecule has 11 aromatic heterocycles. The molecule has 20 heteroatoms. The Morgan fingerprint density at radius 3 is 1.03 bits per heavy atom. The van der Waals surface area contributed by atoms with Gasteiger partial charge in [0.2, 0.25) is 41.1 Å². The monoisotopic (exact) mass is 1880 g/mol. The number of hydrogen-bond acceptors (Lipinski definition) is 10. The molecule has 11 heterocycles. The number of thiophene rings is 1. The first-order valence-electron chi connectivity index (χ1n) is 48.1. The minimum absolute atomic E-state index is 0.375. The lowest BCUT2D eigenvalue weighted by Crippen LogP contribution is -2.74. The molecule has 0 atom stereocenters. The Morgan fingerprint density at radius 2 is 0.524 bits per heavy atom. The van der Waals surface area contributed by atoms with Crippen molar-refractivity contribution >= 4 is 216 Å². The maximum atomic E-state index is 5.78. The van der Waals surface area contributed by atoms with Crippen LogP contribution < -0.4 is 41.5 Å². The maximum absolute atomic E-state index is 5.78. The highest BCUT2D eigenvalue weighted by molar-refractivity contribution is 7.30. The van der Waals surface area contributed by atoms with E-state index in [4.69, 9.17) is 44.9 Å². The first-order chi connectivity index (χ1) is 70.9. The van der Waals surface area contributed by atoms with Crippen LogP contribution in [-0.2, 0) is 0 Å². The molecular formula is C123H77N17SSi2. The smallest absolute Gasteiger partial charge is 0.242 e. The molecule has 0 aliphatic carbocycles. The lowest BCUT2D eigenvalue weighted by molar-refractivity contribution is 0.877. The highest BCUT2D eigenvalue weighted by Gasteiger charge is 2.45. The third-order valence-electron chi connectivity index (χ3n) is 29.3. The number of aromatic nitrogens is 17. The summed E-state index contributed by atoms with van der Waals surface area (Å²) in [6.07, 6.45) is 0. The molecule has 143 heavy (non-hydrogen) atoms. The minimum Gasteiger partial charge on any atom is -0.309 e. The lowest BCUT2D eigenvalue weighted by atomic mass is 10.0. The molecule has 0 saturated heterocycles. The van der Waals surface area contributed by atoms with Gasteiger partial charge in [-0.25, -0.2) is 28.7 Å². The van der Waals surface area contributed by atoms with Gasteiger partial charge in [-0.3, -0.25) is 17.8 Å². The maximum Gasteiger partial charge on any atom is 0.242 e. The van der Waals surface area contributed by atoms with E-state index in [0.29, 0.717) is 52.8 Å². The van der Waals surface area contributed by atoms with E-state index in [0.717, 1.165) is 132 Å². The van der Waals surface area contributed by atoms with Crippen LogP contribution in [0.5, 0.6) is 0 Å². The zero-order chi connectivity index (χ0) is 93.7. The third kappa shape index (κ3) is 11.9. The van der Waals surface area contributed by atoms with Crippen LogP contribution in [0.1, 0.15) is 0 Å². The molecule has 19 aromatic carbocycles. The van der Waals surface area contributed by atoms with Crippen molar-refractivity contribution in [3.05, 3.63) is 467 Å². The van der Waals surface area contributed by atoms with E-state index in [1.165, 1.54) is 67.3 Å². The van der Waals surface area contributed by atoms with Crippen molar-refractivity contribution in [1.82, 2.24) is 80.9 Å². The summed E-state index contributed by atoms with van der Waals surface area (Å²) in [4.78, 5) is 51.2. The topological polar surface area (TPSA) is 154 Å². The quantitative estimate of drug-likeness (QED) is 0.0679. The van der Waals surface area contributed by atoms with Crippen LogP contribution in [0.2, 0.25) is 0 Å². The minimum atomic E-state index is -3.34. The summed E-state index contributed by atoms with van der Waals surface area (Å²) in [7, 11) is -6.58. The summed E-state index contributed by atoms with van der Waals surface area (Å²) in [5.41, 5.74) is 19.6. The summed E-state index contributed by atoms with van der Waals surface area (Å²) in [6.45, 7) is 0. The molecule has 0 aliphatic rings. The Hall–Kier alpha value is -18.7. The van der Waals surface area contributed by atoms with Crippen molar-refractivity contribution in [2.75, 3.05) is 0 Å². The highest BCUT2D eigenvalue weighted by Crippen LogP contribution is 2.42. The summed E-state index contributed by atoms with van der Waals surface area (Å²) in [6, 6.07) is 169. The molecule has 0 spiro atoms. The van der Waals surface area contributed by atoms with E-state index < -0.39 is 16.1 Å². The predicted molar refractivity (Wildman–Crippen MR) is 588 cm³/mol. The second-order valence-corrected chi connectivity index (χ2v) is 45.5. The fraction of sp³-hybridized carbons (Fsp3) is 0.